The number of anilines is 1. The van der Waals surface area contributed by atoms with E-state index >= 15 is 0 Å². The van der Waals surface area contributed by atoms with Gasteiger partial charge in [-0.3, -0.25) is 9.67 Å². The van der Waals surface area contributed by atoms with Crippen LogP contribution in [0.4, 0.5) is 5.82 Å². The number of nitrogens with one attached hydrogen (secondary N) is 1. The maximum atomic E-state index is 6.54. The molecule has 3 aromatic rings. The molecule has 1 unspecified atom stereocenters. The third kappa shape index (κ3) is 2.66. The van der Waals surface area contributed by atoms with E-state index in [2.05, 4.69) is 20.5 Å². The molecule has 1 aliphatic rings. The van der Waals surface area contributed by atoms with E-state index in [9.17, 15) is 0 Å². The fourth-order valence-corrected chi connectivity index (χ4v) is 3.66. The van der Waals surface area contributed by atoms with Crippen molar-refractivity contribution < 1.29 is 0 Å². The maximum Gasteiger partial charge on any atom is 0.165 e. The standard InChI is InChI=1S/C18H24N8/c1-11(20-2)15-16(12-5-4-6-21-7-12)24-18-14(9-23-26(18)17(15)19)13-8-22-25(3)10-13/h8-10,12,21H,4-7,19H2,1-3H3. The highest BCUT2D eigenvalue weighted by Gasteiger charge is 2.26. The molecule has 0 amide bonds. The van der Waals surface area contributed by atoms with Gasteiger partial charge in [0.1, 0.15) is 5.82 Å². The van der Waals surface area contributed by atoms with Gasteiger partial charge in [-0.1, -0.05) is 0 Å². The van der Waals surface area contributed by atoms with Crippen molar-refractivity contribution in [3.05, 3.63) is 29.8 Å². The minimum atomic E-state index is 0.319. The molecule has 3 aromatic heterocycles. The first-order valence-corrected chi connectivity index (χ1v) is 8.90. The minimum Gasteiger partial charge on any atom is -0.383 e. The number of piperidine rings is 1. The molecular formula is C18H24N8. The highest BCUT2D eigenvalue weighted by molar-refractivity contribution is 6.04. The molecule has 0 bridgehead atoms. The zero-order chi connectivity index (χ0) is 18.3. The molecule has 0 saturated carbocycles. The fourth-order valence-electron chi connectivity index (χ4n) is 3.66. The smallest absolute Gasteiger partial charge is 0.165 e. The Kier molecular flexibility index (Phi) is 4.20. The van der Waals surface area contributed by atoms with Crippen LogP contribution in [0.25, 0.3) is 16.8 Å². The number of fused-ring (bicyclic) bond motifs is 1. The minimum absolute atomic E-state index is 0.319. The molecule has 8 heteroatoms. The molecule has 8 nitrogen and oxygen atoms in total. The largest absolute Gasteiger partial charge is 0.383 e. The predicted octanol–water partition coefficient (Wildman–Crippen LogP) is 1.62. The number of aliphatic imine (C=N–C) groups is 1. The molecule has 4 heterocycles. The second kappa shape index (κ2) is 6.53. The Hall–Kier alpha value is -2.74. The molecule has 1 atom stereocenters. The third-order valence-electron chi connectivity index (χ3n) is 5.11. The van der Waals surface area contributed by atoms with Gasteiger partial charge >= 0.3 is 0 Å². The average molecular weight is 352 g/mol. The van der Waals surface area contributed by atoms with E-state index in [0.29, 0.717) is 11.7 Å². The summed E-state index contributed by atoms with van der Waals surface area (Å²) in [6.45, 7) is 3.94. The molecule has 0 spiro atoms. The zero-order valence-corrected chi connectivity index (χ0v) is 15.4. The van der Waals surface area contributed by atoms with Crippen LogP contribution in [0.15, 0.2) is 23.6 Å². The number of nitrogens with two attached hydrogens (primary N) is 1. The summed E-state index contributed by atoms with van der Waals surface area (Å²) in [5, 5.41) is 12.2. The van der Waals surface area contributed by atoms with E-state index in [0.717, 1.165) is 59.7 Å². The molecule has 4 rings (SSSR count). The maximum absolute atomic E-state index is 6.54. The number of nitrogen functional groups attached to an aromatic ring is 1. The van der Waals surface area contributed by atoms with Gasteiger partial charge in [-0.25, -0.2) is 4.98 Å². The Morgan fingerprint density at radius 3 is 2.85 bits per heavy atom. The lowest BCUT2D eigenvalue weighted by molar-refractivity contribution is 0.454. The van der Waals surface area contributed by atoms with E-state index in [1.54, 1.807) is 22.4 Å². The van der Waals surface area contributed by atoms with E-state index < -0.39 is 0 Å². The molecule has 26 heavy (non-hydrogen) atoms. The second-order valence-corrected chi connectivity index (χ2v) is 6.81. The van der Waals surface area contributed by atoms with Crippen LogP contribution in [0.2, 0.25) is 0 Å². The zero-order valence-electron chi connectivity index (χ0n) is 15.4. The molecule has 0 radical (unpaired) electrons. The summed E-state index contributed by atoms with van der Waals surface area (Å²) in [6.07, 6.45) is 7.82. The first-order valence-electron chi connectivity index (χ1n) is 8.90. The summed E-state index contributed by atoms with van der Waals surface area (Å²) in [7, 11) is 3.68. The third-order valence-corrected chi connectivity index (χ3v) is 5.11. The Morgan fingerprint density at radius 1 is 1.35 bits per heavy atom. The number of rotatable bonds is 3. The summed E-state index contributed by atoms with van der Waals surface area (Å²) >= 11 is 0. The van der Waals surface area contributed by atoms with Gasteiger partial charge in [-0.15, -0.1) is 0 Å². The van der Waals surface area contributed by atoms with Crippen LogP contribution >= 0.6 is 0 Å². The number of aromatic nitrogens is 5. The van der Waals surface area contributed by atoms with Gasteiger partial charge in [0.05, 0.1) is 23.7 Å². The van der Waals surface area contributed by atoms with Crippen molar-refractivity contribution in [3.8, 4) is 11.1 Å². The van der Waals surface area contributed by atoms with Crippen LogP contribution in [0.5, 0.6) is 0 Å². The average Bonchev–Trinajstić information content (AvgIpc) is 3.27. The topological polar surface area (TPSA) is 98.4 Å². The lowest BCUT2D eigenvalue weighted by Gasteiger charge is -2.25. The summed E-state index contributed by atoms with van der Waals surface area (Å²) in [4.78, 5) is 9.41. The van der Waals surface area contributed by atoms with Gasteiger partial charge in [0.2, 0.25) is 0 Å². The van der Waals surface area contributed by atoms with Crippen LogP contribution in [0.3, 0.4) is 0 Å². The number of hydrogen-bond acceptors (Lipinski definition) is 6. The number of nitrogens with zero attached hydrogens (tertiary/aromatic N) is 6. The molecule has 0 aliphatic carbocycles. The summed E-state index contributed by atoms with van der Waals surface area (Å²) in [6, 6.07) is 0. The van der Waals surface area contributed by atoms with Gasteiger partial charge in [0.25, 0.3) is 0 Å². The molecule has 0 aromatic carbocycles. The van der Waals surface area contributed by atoms with Crippen molar-refractivity contribution in [2.75, 3.05) is 25.9 Å². The van der Waals surface area contributed by atoms with Crippen molar-refractivity contribution in [1.82, 2.24) is 29.7 Å². The summed E-state index contributed by atoms with van der Waals surface area (Å²) < 4.78 is 3.49. The molecule has 136 valence electrons. The Balaban J connectivity index is 1.96. The fraction of sp³-hybridized carbons (Fsp3) is 0.444. The van der Waals surface area contributed by atoms with Gasteiger partial charge in [0, 0.05) is 49.6 Å². The molecular weight excluding hydrogens is 328 g/mol. The highest BCUT2D eigenvalue weighted by Crippen LogP contribution is 2.32. The Morgan fingerprint density at radius 2 is 2.19 bits per heavy atom. The van der Waals surface area contributed by atoms with E-state index in [1.165, 1.54) is 0 Å². The Bertz CT molecular complexity index is 975. The lowest BCUT2D eigenvalue weighted by Crippen LogP contribution is -2.30. The van der Waals surface area contributed by atoms with E-state index in [4.69, 9.17) is 10.7 Å². The molecule has 1 fully saturated rings. The first kappa shape index (κ1) is 16.7. The van der Waals surface area contributed by atoms with Crippen LogP contribution in [-0.4, -0.2) is 50.2 Å². The van der Waals surface area contributed by atoms with E-state index in [1.807, 2.05) is 26.4 Å². The summed E-state index contributed by atoms with van der Waals surface area (Å²) in [5.74, 6) is 0.910. The van der Waals surface area contributed by atoms with Crippen molar-refractivity contribution in [2.45, 2.75) is 25.7 Å². The highest BCUT2D eigenvalue weighted by atomic mass is 15.3. The number of hydrogen-bond donors (Lipinski definition) is 2. The van der Waals surface area contributed by atoms with Crippen LogP contribution < -0.4 is 11.1 Å². The van der Waals surface area contributed by atoms with Crippen molar-refractivity contribution in [2.24, 2.45) is 12.0 Å². The monoisotopic (exact) mass is 352 g/mol. The van der Waals surface area contributed by atoms with Gasteiger partial charge in [-0.2, -0.15) is 14.7 Å². The van der Waals surface area contributed by atoms with Gasteiger partial charge in [0.15, 0.2) is 5.65 Å². The lowest BCUT2D eigenvalue weighted by atomic mass is 9.91. The van der Waals surface area contributed by atoms with Gasteiger partial charge in [-0.05, 0) is 26.3 Å². The second-order valence-electron chi connectivity index (χ2n) is 6.81. The molecule has 3 N–H and O–H groups in total. The summed E-state index contributed by atoms with van der Waals surface area (Å²) in [5.41, 5.74) is 12.0. The molecule has 1 aliphatic heterocycles. The van der Waals surface area contributed by atoms with Crippen molar-refractivity contribution >= 4 is 17.2 Å². The predicted molar refractivity (Wildman–Crippen MR) is 103 cm³/mol. The van der Waals surface area contributed by atoms with Crippen LogP contribution in [-0.2, 0) is 7.05 Å². The number of aryl methyl sites for hydroxylation is 1. The van der Waals surface area contributed by atoms with Crippen LogP contribution in [0, 0.1) is 0 Å². The van der Waals surface area contributed by atoms with Crippen molar-refractivity contribution in [1.29, 1.82) is 0 Å². The SMILES string of the molecule is CN=C(C)c1c(C2CCCNC2)nc2c(-c3cnn(C)c3)cnn2c1N. The van der Waals surface area contributed by atoms with Crippen LogP contribution in [0.1, 0.15) is 36.9 Å². The van der Waals surface area contributed by atoms with Crippen molar-refractivity contribution in [3.63, 3.8) is 0 Å². The first-order chi connectivity index (χ1) is 12.6. The normalized spacial score (nSPS) is 18.6. The Labute approximate surface area is 152 Å². The van der Waals surface area contributed by atoms with Gasteiger partial charge < -0.3 is 11.1 Å². The van der Waals surface area contributed by atoms with E-state index in [-0.39, 0.29) is 0 Å². The molecule has 1 saturated heterocycles. The quantitative estimate of drug-likeness (QED) is 0.698.